The van der Waals surface area contributed by atoms with Gasteiger partial charge in [-0.25, -0.2) is 0 Å². The average molecular weight is 275 g/mol. The number of nitrogens with zero attached hydrogens (tertiary/aromatic N) is 1. The van der Waals surface area contributed by atoms with Gasteiger partial charge in [0.2, 0.25) is 5.91 Å². The van der Waals surface area contributed by atoms with E-state index in [0.717, 1.165) is 18.4 Å². The van der Waals surface area contributed by atoms with Crippen molar-refractivity contribution in [2.24, 2.45) is 28.6 Å². The molecule has 112 valence electrons. The van der Waals surface area contributed by atoms with Gasteiger partial charge >= 0.3 is 0 Å². The molecule has 0 aromatic heterocycles. The Morgan fingerprint density at radius 3 is 2.55 bits per heavy atom. The number of carbonyl (C=O) groups excluding carboxylic acids is 1. The molecule has 0 aromatic carbocycles. The number of amides is 1. The summed E-state index contributed by atoms with van der Waals surface area (Å²) in [6.07, 6.45) is 9.02. The zero-order valence-corrected chi connectivity index (χ0v) is 13.3. The lowest BCUT2D eigenvalue weighted by Gasteiger charge is -2.39. The average Bonchev–Trinajstić information content (AvgIpc) is 2.99. The Morgan fingerprint density at radius 2 is 1.90 bits per heavy atom. The van der Waals surface area contributed by atoms with Crippen LogP contribution in [0.4, 0.5) is 0 Å². The van der Waals surface area contributed by atoms with E-state index in [0.29, 0.717) is 28.7 Å². The second-order valence-corrected chi connectivity index (χ2v) is 9.46. The van der Waals surface area contributed by atoms with E-state index in [1.54, 1.807) is 0 Å². The van der Waals surface area contributed by atoms with Crippen LogP contribution in [0, 0.1) is 28.6 Å². The van der Waals surface area contributed by atoms with Crippen molar-refractivity contribution < 1.29 is 4.79 Å². The van der Waals surface area contributed by atoms with Crippen molar-refractivity contribution in [1.29, 1.82) is 0 Å². The van der Waals surface area contributed by atoms with Gasteiger partial charge in [-0.15, -0.1) is 0 Å². The topological polar surface area (TPSA) is 20.3 Å². The summed E-state index contributed by atoms with van der Waals surface area (Å²) in [6, 6.07) is 0.537. The Bertz CT molecular complexity index is 443. The molecule has 4 bridgehead atoms. The fourth-order valence-electron chi connectivity index (χ4n) is 6.48. The van der Waals surface area contributed by atoms with E-state index in [1.165, 1.54) is 44.9 Å². The molecule has 3 aliphatic carbocycles. The van der Waals surface area contributed by atoms with E-state index in [-0.39, 0.29) is 0 Å². The van der Waals surface area contributed by atoms with Gasteiger partial charge in [0, 0.05) is 18.5 Å². The number of hydrogen-bond acceptors (Lipinski definition) is 1. The maximum absolute atomic E-state index is 13.1. The van der Waals surface area contributed by atoms with Crippen LogP contribution in [0.1, 0.15) is 65.7 Å². The first-order chi connectivity index (χ1) is 9.35. The number of likely N-dealkylation sites (tertiary alicyclic amines) is 1. The van der Waals surface area contributed by atoms with Gasteiger partial charge in [0.15, 0.2) is 0 Å². The summed E-state index contributed by atoms with van der Waals surface area (Å²) in [5.74, 6) is 2.53. The number of carbonyl (C=O) groups is 1. The van der Waals surface area contributed by atoms with Gasteiger partial charge in [0.05, 0.1) is 0 Å². The standard InChI is InChI=1S/C18H29NO/c1-17(2)8-14-9-18(3,10-17)11-19(14)16(20)15-7-12-4-5-13(15)6-12/h12-15H,4-11H2,1-3H3. The van der Waals surface area contributed by atoms with Crippen LogP contribution in [-0.4, -0.2) is 23.4 Å². The molecule has 1 aliphatic heterocycles. The van der Waals surface area contributed by atoms with Crippen LogP contribution in [0.5, 0.6) is 0 Å². The van der Waals surface area contributed by atoms with E-state index in [4.69, 9.17) is 0 Å². The first kappa shape index (κ1) is 13.2. The molecule has 2 heteroatoms. The normalized spacial score (nSPS) is 48.9. The third kappa shape index (κ3) is 1.94. The van der Waals surface area contributed by atoms with Gasteiger partial charge in [-0.3, -0.25) is 4.79 Å². The lowest BCUT2D eigenvalue weighted by atomic mass is 9.65. The van der Waals surface area contributed by atoms with Crippen molar-refractivity contribution in [2.75, 3.05) is 6.54 Å². The lowest BCUT2D eigenvalue weighted by Crippen LogP contribution is -2.42. The van der Waals surface area contributed by atoms with Gasteiger partial charge in [-0.05, 0) is 61.2 Å². The van der Waals surface area contributed by atoms with Crippen LogP contribution >= 0.6 is 0 Å². The third-order valence-corrected chi connectivity index (χ3v) is 6.75. The highest BCUT2D eigenvalue weighted by atomic mass is 16.2. The van der Waals surface area contributed by atoms with Crippen LogP contribution < -0.4 is 0 Å². The molecule has 4 fully saturated rings. The molecule has 5 unspecified atom stereocenters. The lowest BCUT2D eigenvalue weighted by molar-refractivity contribution is -0.138. The predicted octanol–water partition coefficient (Wildman–Crippen LogP) is 3.85. The highest BCUT2D eigenvalue weighted by molar-refractivity contribution is 5.80. The highest BCUT2D eigenvalue weighted by Gasteiger charge is 2.53. The van der Waals surface area contributed by atoms with E-state index in [2.05, 4.69) is 25.7 Å². The molecule has 0 N–H and O–H groups in total. The second-order valence-electron chi connectivity index (χ2n) is 9.46. The van der Waals surface area contributed by atoms with Crippen molar-refractivity contribution in [3.63, 3.8) is 0 Å². The summed E-state index contributed by atoms with van der Waals surface area (Å²) in [7, 11) is 0. The van der Waals surface area contributed by atoms with E-state index in [1.807, 2.05) is 0 Å². The van der Waals surface area contributed by atoms with Gasteiger partial charge in [-0.1, -0.05) is 27.2 Å². The molecular weight excluding hydrogens is 246 g/mol. The summed E-state index contributed by atoms with van der Waals surface area (Å²) >= 11 is 0. The molecule has 4 rings (SSSR count). The molecule has 1 saturated heterocycles. The summed E-state index contributed by atoms with van der Waals surface area (Å²) in [4.78, 5) is 15.4. The molecule has 1 heterocycles. The maximum atomic E-state index is 13.1. The maximum Gasteiger partial charge on any atom is 0.226 e. The van der Waals surface area contributed by atoms with Gasteiger partial charge in [0.25, 0.3) is 0 Å². The Labute approximate surface area is 123 Å². The number of hydrogen-bond donors (Lipinski definition) is 0. The summed E-state index contributed by atoms with van der Waals surface area (Å²) in [5, 5.41) is 0. The Morgan fingerprint density at radius 1 is 1.10 bits per heavy atom. The minimum absolute atomic E-state index is 0.389. The third-order valence-electron chi connectivity index (χ3n) is 6.75. The molecule has 4 aliphatic rings. The minimum Gasteiger partial charge on any atom is -0.339 e. The van der Waals surface area contributed by atoms with Crippen molar-refractivity contribution in [3.05, 3.63) is 0 Å². The summed E-state index contributed by atoms with van der Waals surface area (Å²) in [6.45, 7) is 8.23. The summed E-state index contributed by atoms with van der Waals surface area (Å²) in [5.41, 5.74) is 0.807. The fraction of sp³-hybridized carbons (Fsp3) is 0.944. The van der Waals surface area contributed by atoms with E-state index < -0.39 is 0 Å². The SMILES string of the molecule is CC1(C)CC2CC(C)(CN2C(=O)C2CC3CCC2C3)C1. The largest absolute Gasteiger partial charge is 0.339 e. The van der Waals surface area contributed by atoms with Crippen LogP contribution in [-0.2, 0) is 4.79 Å². The zero-order valence-electron chi connectivity index (χ0n) is 13.3. The molecule has 0 spiro atoms. The smallest absolute Gasteiger partial charge is 0.226 e. The van der Waals surface area contributed by atoms with Crippen LogP contribution in [0.25, 0.3) is 0 Å². The molecule has 0 radical (unpaired) electrons. The van der Waals surface area contributed by atoms with Crippen molar-refractivity contribution in [3.8, 4) is 0 Å². The quantitative estimate of drug-likeness (QED) is 0.712. The fourth-order valence-corrected chi connectivity index (χ4v) is 6.48. The van der Waals surface area contributed by atoms with Gasteiger partial charge in [0.1, 0.15) is 0 Å². The van der Waals surface area contributed by atoms with Crippen molar-refractivity contribution in [1.82, 2.24) is 4.90 Å². The first-order valence-electron chi connectivity index (χ1n) is 8.66. The van der Waals surface area contributed by atoms with E-state index >= 15 is 0 Å². The molecule has 1 amide bonds. The van der Waals surface area contributed by atoms with Crippen molar-refractivity contribution in [2.45, 2.75) is 71.8 Å². The Hall–Kier alpha value is -0.530. The second kappa shape index (κ2) is 4.01. The van der Waals surface area contributed by atoms with Gasteiger partial charge in [-0.2, -0.15) is 0 Å². The Balaban J connectivity index is 1.53. The van der Waals surface area contributed by atoms with Crippen LogP contribution in [0.3, 0.4) is 0 Å². The molecule has 20 heavy (non-hydrogen) atoms. The molecular formula is C18H29NO. The number of rotatable bonds is 1. The van der Waals surface area contributed by atoms with Crippen LogP contribution in [0.2, 0.25) is 0 Å². The van der Waals surface area contributed by atoms with Crippen molar-refractivity contribution >= 4 is 5.91 Å². The number of fused-ring (bicyclic) bond motifs is 4. The van der Waals surface area contributed by atoms with E-state index in [9.17, 15) is 4.79 Å². The van der Waals surface area contributed by atoms with Crippen LogP contribution in [0.15, 0.2) is 0 Å². The molecule has 2 nitrogen and oxygen atoms in total. The Kier molecular flexibility index (Phi) is 2.64. The minimum atomic E-state index is 0.389. The zero-order chi connectivity index (χ0) is 14.1. The molecule has 3 saturated carbocycles. The molecule has 0 aromatic rings. The van der Waals surface area contributed by atoms with Gasteiger partial charge < -0.3 is 4.90 Å². The summed E-state index contributed by atoms with van der Waals surface area (Å²) < 4.78 is 0. The highest BCUT2D eigenvalue weighted by Crippen LogP contribution is 2.54. The predicted molar refractivity (Wildman–Crippen MR) is 80.2 cm³/mol. The first-order valence-corrected chi connectivity index (χ1v) is 8.66. The molecule has 5 atom stereocenters. The monoisotopic (exact) mass is 275 g/mol.